The number of nitro groups is 1. The molecule has 7 nitrogen and oxygen atoms in total. The van der Waals surface area contributed by atoms with Crippen molar-refractivity contribution in [2.75, 3.05) is 20.1 Å². The van der Waals surface area contributed by atoms with E-state index in [1.54, 1.807) is 0 Å². The summed E-state index contributed by atoms with van der Waals surface area (Å²) in [6.45, 7) is 2.25. The van der Waals surface area contributed by atoms with Gasteiger partial charge in [-0.3, -0.25) is 10.1 Å². The average molecular weight is 287 g/mol. The van der Waals surface area contributed by atoms with Gasteiger partial charge >= 0.3 is 0 Å². The zero-order valence-corrected chi connectivity index (χ0v) is 11.7. The quantitative estimate of drug-likeness (QED) is 0.617. The van der Waals surface area contributed by atoms with Gasteiger partial charge in [0, 0.05) is 25.7 Å². The molecule has 0 heterocycles. The fourth-order valence-electron chi connectivity index (χ4n) is 1.64. The summed E-state index contributed by atoms with van der Waals surface area (Å²) in [4.78, 5) is 10.1. The Bertz CT molecular complexity index is 571. The summed E-state index contributed by atoms with van der Waals surface area (Å²) in [6.07, 6.45) is 0.557. The molecule has 0 aliphatic heterocycles. The van der Waals surface area contributed by atoms with E-state index in [1.807, 2.05) is 0 Å². The number of aryl methyl sites for hydroxylation is 1. The Labute approximate surface area is 112 Å². The van der Waals surface area contributed by atoms with Crippen LogP contribution < -0.4 is 5.73 Å². The highest BCUT2D eigenvalue weighted by atomic mass is 32.2. The van der Waals surface area contributed by atoms with Crippen molar-refractivity contribution in [3.63, 3.8) is 0 Å². The Morgan fingerprint density at radius 3 is 2.53 bits per heavy atom. The van der Waals surface area contributed by atoms with E-state index in [0.717, 1.165) is 0 Å². The maximum atomic E-state index is 12.3. The summed E-state index contributed by atoms with van der Waals surface area (Å²) >= 11 is 0. The molecule has 1 rings (SSSR count). The van der Waals surface area contributed by atoms with Crippen molar-refractivity contribution in [3.05, 3.63) is 33.9 Å². The largest absolute Gasteiger partial charge is 0.330 e. The molecule has 1 aromatic rings. The van der Waals surface area contributed by atoms with Crippen LogP contribution in [0.4, 0.5) is 5.69 Å². The van der Waals surface area contributed by atoms with Crippen LogP contribution in [0.2, 0.25) is 0 Å². The second-order valence-corrected chi connectivity index (χ2v) is 6.19. The molecule has 0 saturated carbocycles. The minimum absolute atomic E-state index is 0.0811. The van der Waals surface area contributed by atoms with E-state index in [-0.39, 0.29) is 10.6 Å². The smallest absolute Gasteiger partial charge is 0.269 e. The summed E-state index contributed by atoms with van der Waals surface area (Å²) in [5.74, 6) is 0. The highest BCUT2D eigenvalue weighted by Gasteiger charge is 2.23. The molecule has 1 aromatic carbocycles. The van der Waals surface area contributed by atoms with E-state index in [9.17, 15) is 18.5 Å². The first-order valence-corrected chi connectivity index (χ1v) is 7.16. The number of hydrogen-bond acceptors (Lipinski definition) is 5. The van der Waals surface area contributed by atoms with E-state index in [0.29, 0.717) is 25.1 Å². The van der Waals surface area contributed by atoms with Crippen molar-refractivity contribution in [2.45, 2.75) is 18.2 Å². The average Bonchev–Trinajstić information content (AvgIpc) is 2.35. The van der Waals surface area contributed by atoms with E-state index in [4.69, 9.17) is 5.73 Å². The Balaban J connectivity index is 3.12. The molecule has 0 fully saturated rings. The van der Waals surface area contributed by atoms with Gasteiger partial charge in [0.2, 0.25) is 10.0 Å². The minimum Gasteiger partial charge on any atom is -0.330 e. The van der Waals surface area contributed by atoms with Gasteiger partial charge in [0.15, 0.2) is 0 Å². The van der Waals surface area contributed by atoms with Crippen molar-refractivity contribution < 1.29 is 13.3 Å². The molecule has 8 heteroatoms. The third kappa shape index (κ3) is 3.49. The number of rotatable bonds is 6. The normalized spacial score (nSPS) is 11.8. The van der Waals surface area contributed by atoms with Gasteiger partial charge in [-0.2, -0.15) is 0 Å². The molecular weight excluding hydrogens is 270 g/mol. The van der Waals surface area contributed by atoms with E-state index < -0.39 is 14.9 Å². The first-order valence-electron chi connectivity index (χ1n) is 5.72. The lowest BCUT2D eigenvalue weighted by Gasteiger charge is -2.17. The molecule has 19 heavy (non-hydrogen) atoms. The number of hydrogen-bond donors (Lipinski definition) is 1. The van der Waals surface area contributed by atoms with Gasteiger partial charge in [0.05, 0.1) is 9.82 Å². The SMILES string of the molecule is Cc1cc([N+](=O)[O-])ccc1S(=O)(=O)N(C)CCCN. The summed E-state index contributed by atoms with van der Waals surface area (Å²) in [6, 6.07) is 3.71. The van der Waals surface area contributed by atoms with Gasteiger partial charge in [-0.1, -0.05) is 0 Å². The van der Waals surface area contributed by atoms with Crippen LogP contribution in [-0.4, -0.2) is 37.8 Å². The van der Waals surface area contributed by atoms with Crippen molar-refractivity contribution in [2.24, 2.45) is 5.73 Å². The Morgan fingerprint density at radius 1 is 1.42 bits per heavy atom. The van der Waals surface area contributed by atoms with Gasteiger partial charge < -0.3 is 5.73 Å². The lowest BCUT2D eigenvalue weighted by Crippen LogP contribution is -2.29. The van der Waals surface area contributed by atoms with Crippen LogP contribution in [0.15, 0.2) is 23.1 Å². The molecule has 0 unspecified atom stereocenters. The number of nitrogens with two attached hydrogens (primary N) is 1. The summed E-state index contributed by atoms with van der Waals surface area (Å²) in [7, 11) is -2.17. The predicted molar refractivity (Wildman–Crippen MR) is 71.3 cm³/mol. The molecule has 106 valence electrons. The van der Waals surface area contributed by atoms with Crippen molar-refractivity contribution in [3.8, 4) is 0 Å². The molecule has 0 radical (unpaired) electrons. The second kappa shape index (κ2) is 6.09. The van der Waals surface area contributed by atoms with E-state index in [2.05, 4.69) is 0 Å². The van der Waals surface area contributed by atoms with Crippen LogP contribution >= 0.6 is 0 Å². The summed E-state index contributed by atoms with van der Waals surface area (Å²) < 4.78 is 25.7. The van der Waals surface area contributed by atoms with Gasteiger partial charge in [-0.05, 0) is 31.5 Å². The van der Waals surface area contributed by atoms with Crippen molar-refractivity contribution >= 4 is 15.7 Å². The molecule has 0 amide bonds. The molecular formula is C11H17N3O4S. The topological polar surface area (TPSA) is 107 Å². The lowest BCUT2D eigenvalue weighted by molar-refractivity contribution is -0.385. The Morgan fingerprint density at radius 2 is 2.05 bits per heavy atom. The van der Waals surface area contributed by atoms with Gasteiger partial charge in [-0.25, -0.2) is 12.7 Å². The van der Waals surface area contributed by atoms with Crippen molar-refractivity contribution in [1.29, 1.82) is 0 Å². The van der Waals surface area contributed by atoms with Crippen LogP contribution in [-0.2, 0) is 10.0 Å². The third-order valence-corrected chi connectivity index (χ3v) is 4.75. The summed E-state index contributed by atoms with van der Waals surface area (Å²) in [5, 5.41) is 10.6. The van der Waals surface area contributed by atoms with Crippen LogP contribution in [0.3, 0.4) is 0 Å². The molecule has 2 N–H and O–H groups in total. The number of sulfonamides is 1. The molecule has 0 aromatic heterocycles. The second-order valence-electron chi connectivity index (χ2n) is 4.18. The predicted octanol–water partition coefficient (Wildman–Crippen LogP) is 0.873. The van der Waals surface area contributed by atoms with Gasteiger partial charge in [0.1, 0.15) is 0 Å². The van der Waals surface area contributed by atoms with Gasteiger partial charge in [0.25, 0.3) is 5.69 Å². The standard InChI is InChI=1S/C11H17N3O4S/c1-9-8-10(14(15)16)4-5-11(9)19(17,18)13(2)7-3-6-12/h4-5,8H,3,6-7,12H2,1-2H3. The fourth-order valence-corrected chi connectivity index (χ4v) is 3.05. The lowest BCUT2D eigenvalue weighted by atomic mass is 10.2. The Hall–Kier alpha value is -1.51. The first kappa shape index (κ1) is 15.5. The van der Waals surface area contributed by atoms with Crippen LogP contribution in [0.5, 0.6) is 0 Å². The highest BCUT2D eigenvalue weighted by Crippen LogP contribution is 2.23. The number of nitro benzene ring substituents is 1. The zero-order valence-electron chi connectivity index (χ0n) is 10.9. The zero-order chi connectivity index (χ0) is 14.6. The molecule has 0 atom stereocenters. The number of nitrogens with zero attached hydrogens (tertiary/aromatic N) is 2. The van der Waals surface area contributed by atoms with Gasteiger partial charge in [-0.15, -0.1) is 0 Å². The molecule has 0 bridgehead atoms. The van der Waals surface area contributed by atoms with E-state index in [1.165, 1.54) is 36.5 Å². The molecule has 0 aliphatic carbocycles. The van der Waals surface area contributed by atoms with Crippen LogP contribution in [0.25, 0.3) is 0 Å². The maximum absolute atomic E-state index is 12.3. The third-order valence-electron chi connectivity index (χ3n) is 2.73. The molecule has 0 aliphatic rings. The Kier molecular flexibility index (Phi) is 4.98. The summed E-state index contributed by atoms with van der Waals surface area (Å²) in [5.41, 5.74) is 5.58. The van der Waals surface area contributed by atoms with Crippen LogP contribution in [0.1, 0.15) is 12.0 Å². The fraction of sp³-hybridized carbons (Fsp3) is 0.455. The minimum atomic E-state index is -3.63. The first-order chi connectivity index (χ1) is 8.80. The number of benzene rings is 1. The monoisotopic (exact) mass is 287 g/mol. The highest BCUT2D eigenvalue weighted by molar-refractivity contribution is 7.89. The molecule has 0 spiro atoms. The molecule has 0 saturated heterocycles. The maximum Gasteiger partial charge on any atom is 0.269 e. The van der Waals surface area contributed by atoms with Crippen molar-refractivity contribution in [1.82, 2.24) is 4.31 Å². The van der Waals surface area contributed by atoms with E-state index >= 15 is 0 Å². The number of non-ortho nitro benzene ring substituents is 1. The van der Waals surface area contributed by atoms with Crippen LogP contribution in [0, 0.1) is 17.0 Å².